The first-order chi connectivity index (χ1) is 14.4. The normalized spacial score (nSPS) is 14.1. The van der Waals surface area contributed by atoms with E-state index in [-0.39, 0.29) is 17.4 Å². The first kappa shape index (κ1) is 20.0. The molecule has 0 bridgehead atoms. The van der Waals surface area contributed by atoms with Crippen molar-refractivity contribution in [3.8, 4) is 17.1 Å². The number of para-hydroxylation sites is 1. The molecule has 2 aromatic heterocycles. The molecule has 4 rings (SSSR count). The van der Waals surface area contributed by atoms with Gasteiger partial charge in [-0.05, 0) is 38.1 Å². The number of ketones is 1. The van der Waals surface area contributed by atoms with Crippen LogP contribution in [0.15, 0.2) is 42.5 Å². The van der Waals surface area contributed by atoms with Gasteiger partial charge in [0.2, 0.25) is 0 Å². The molecular formula is C22H22N4O3S. The van der Waals surface area contributed by atoms with Gasteiger partial charge in [0.05, 0.1) is 15.3 Å². The summed E-state index contributed by atoms with van der Waals surface area (Å²) in [6.07, 6.45) is 0. The molecule has 1 fully saturated rings. The summed E-state index contributed by atoms with van der Waals surface area (Å²) in [5.41, 5.74) is 1.40. The van der Waals surface area contributed by atoms with E-state index in [2.05, 4.69) is 14.9 Å². The van der Waals surface area contributed by atoms with Crippen molar-refractivity contribution in [1.29, 1.82) is 0 Å². The van der Waals surface area contributed by atoms with Crippen LogP contribution in [0.3, 0.4) is 0 Å². The Morgan fingerprint density at radius 1 is 1.00 bits per heavy atom. The molecule has 7 nitrogen and oxygen atoms in total. The largest absolute Gasteiger partial charge is 0.507 e. The number of rotatable bonds is 4. The predicted molar refractivity (Wildman–Crippen MR) is 116 cm³/mol. The number of hydrogen-bond acceptors (Lipinski definition) is 7. The van der Waals surface area contributed by atoms with Gasteiger partial charge in [0.15, 0.2) is 11.6 Å². The topological polar surface area (TPSA) is 86.6 Å². The van der Waals surface area contributed by atoms with Crippen LogP contribution in [0.5, 0.6) is 5.75 Å². The number of aryl methyl sites for hydroxylation is 1. The Morgan fingerprint density at radius 3 is 2.37 bits per heavy atom. The highest BCUT2D eigenvalue weighted by Crippen LogP contribution is 2.28. The molecule has 154 valence electrons. The van der Waals surface area contributed by atoms with Gasteiger partial charge in [0, 0.05) is 37.9 Å². The lowest BCUT2D eigenvalue weighted by molar-refractivity contribution is 0.0751. The molecule has 0 saturated carbocycles. The summed E-state index contributed by atoms with van der Waals surface area (Å²) in [5.74, 6) is 1.34. The van der Waals surface area contributed by atoms with Gasteiger partial charge in [-0.1, -0.05) is 12.1 Å². The van der Waals surface area contributed by atoms with Crippen molar-refractivity contribution in [1.82, 2.24) is 14.9 Å². The zero-order chi connectivity index (χ0) is 21.3. The van der Waals surface area contributed by atoms with Crippen LogP contribution in [0.2, 0.25) is 0 Å². The number of aromatic nitrogens is 2. The Kier molecular flexibility index (Phi) is 5.50. The second-order valence-corrected chi connectivity index (χ2v) is 8.29. The van der Waals surface area contributed by atoms with Crippen LogP contribution in [0.1, 0.15) is 32.0 Å². The quantitative estimate of drug-likeness (QED) is 0.649. The van der Waals surface area contributed by atoms with Gasteiger partial charge < -0.3 is 14.9 Å². The Balaban J connectivity index is 1.48. The Morgan fingerprint density at radius 2 is 1.70 bits per heavy atom. The first-order valence-corrected chi connectivity index (χ1v) is 10.5. The van der Waals surface area contributed by atoms with Gasteiger partial charge in [0.25, 0.3) is 5.91 Å². The van der Waals surface area contributed by atoms with Crippen molar-refractivity contribution in [2.45, 2.75) is 13.8 Å². The first-order valence-electron chi connectivity index (χ1n) is 9.71. The minimum atomic E-state index is -0.0408. The summed E-state index contributed by atoms with van der Waals surface area (Å²) in [4.78, 5) is 38.5. The number of amides is 1. The van der Waals surface area contributed by atoms with Gasteiger partial charge in [-0.15, -0.1) is 11.3 Å². The number of benzene rings is 1. The fourth-order valence-corrected chi connectivity index (χ4v) is 4.30. The summed E-state index contributed by atoms with van der Waals surface area (Å²) >= 11 is 1.24. The summed E-state index contributed by atoms with van der Waals surface area (Å²) in [6.45, 7) is 5.84. The van der Waals surface area contributed by atoms with Crippen molar-refractivity contribution < 1.29 is 14.7 Å². The minimum absolute atomic E-state index is 0.0248. The number of phenolic OH excluding ortho intramolecular Hbond substituents is 1. The van der Waals surface area contributed by atoms with Crippen LogP contribution in [-0.4, -0.2) is 57.8 Å². The zero-order valence-corrected chi connectivity index (χ0v) is 17.6. The molecule has 0 aliphatic carbocycles. The van der Waals surface area contributed by atoms with Crippen molar-refractivity contribution in [2.75, 3.05) is 31.1 Å². The van der Waals surface area contributed by atoms with E-state index in [9.17, 15) is 14.7 Å². The third-order valence-corrected chi connectivity index (χ3v) is 6.21. The maximum Gasteiger partial charge on any atom is 0.264 e. The van der Waals surface area contributed by atoms with E-state index in [0.29, 0.717) is 47.3 Å². The van der Waals surface area contributed by atoms with Crippen LogP contribution >= 0.6 is 11.3 Å². The van der Waals surface area contributed by atoms with E-state index >= 15 is 0 Å². The number of nitrogens with zero attached hydrogens (tertiary/aromatic N) is 4. The zero-order valence-electron chi connectivity index (χ0n) is 16.8. The minimum Gasteiger partial charge on any atom is -0.507 e. The van der Waals surface area contributed by atoms with Gasteiger partial charge in [-0.25, -0.2) is 9.97 Å². The third-order valence-electron chi connectivity index (χ3n) is 5.04. The molecule has 1 aliphatic heterocycles. The molecule has 1 aromatic carbocycles. The molecule has 3 heterocycles. The molecule has 0 spiro atoms. The summed E-state index contributed by atoms with van der Waals surface area (Å²) < 4.78 is 0. The second-order valence-electron chi connectivity index (χ2n) is 7.21. The molecular weight excluding hydrogens is 400 g/mol. The molecule has 1 aliphatic rings. The number of aromatic hydroxyl groups is 1. The van der Waals surface area contributed by atoms with Crippen LogP contribution < -0.4 is 4.90 Å². The summed E-state index contributed by atoms with van der Waals surface area (Å²) in [7, 11) is 0. The van der Waals surface area contributed by atoms with Gasteiger partial charge in [-0.3, -0.25) is 9.59 Å². The maximum atomic E-state index is 12.8. The van der Waals surface area contributed by atoms with Crippen molar-refractivity contribution in [3.63, 3.8) is 0 Å². The van der Waals surface area contributed by atoms with Crippen LogP contribution in [0, 0.1) is 6.92 Å². The third kappa shape index (κ3) is 4.04. The van der Waals surface area contributed by atoms with E-state index in [1.165, 1.54) is 18.3 Å². The Bertz CT molecular complexity index is 1100. The lowest BCUT2D eigenvalue weighted by atomic mass is 10.2. The SMILES string of the molecule is CC(=O)c1ccc(C(=O)N2CCN(c3cc(C)nc(-c4ccccc4O)n3)CC2)s1. The monoisotopic (exact) mass is 422 g/mol. The number of piperazine rings is 1. The predicted octanol–water partition coefficient (Wildman–Crippen LogP) is 3.38. The molecule has 1 N–H and O–H groups in total. The van der Waals surface area contributed by atoms with Crippen molar-refractivity contribution in [3.05, 3.63) is 57.9 Å². The number of phenols is 1. The van der Waals surface area contributed by atoms with Crippen molar-refractivity contribution in [2.24, 2.45) is 0 Å². The average molecular weight is 423 g/mol. The van der Waals surface area contributed by atoms with E-state index in [1.54, 1.807) is 30.3 Å². The van der Waals surface area contributed by atoms with E-state index in [1.807, 2.05) is 24.0 Å². The average Bonchev–Trinajstić information content (AvgIpc) is 3.24. The number of carbonyl (C=O) groups is 2. The van der Waals surface area contributed by atoms with Crippen LogP contribution in [0.25, 0.3) is 11.4 Å². The highest BCUT2D eigenvalue weighted by molar-refractivity contribution is 7.15. The molecule has 1 saturated heterocycles. The fourth-order valence-electron chi connectivity index (χ4n) is 3.43. The molecule has 30 heavy (non-hydrogen) atoms. The maximum absolute atomic E-state index is 12.8. The fraction of sp³-hybridized carbons (Fsp3) is 0.273. The highest BCUT2D eigenvalue weighted by atomic mass is 32.1. The highest BCUT2D eigenvalue weighted by Gasteiger charge is 2.25. The number of hydrogen-bond donors (Lipinski definition) is 1. The molecule has 0 radical (unpaired) electrons. The molecule has 8 heteroatoms. The number of anilines is 1. The standard InChI is InChI=1S/C22H22N4O3S/c1-14-13-20(24-21(23-14)16-5-3-4-6-17(16)28)25-9-11-26(12-10-25)22(29)19-8-7-18(30-19)15(2)27/h3-8,13,28H,9-12H2,1-2H3. The van der Waals surface area contributed by atoms with Crippen molar-refractivity contribution >= 4 is 28.8 Å². The Labute approximate surface area is 178 Å². The van der Waals surface area contributed by atoms with Gasteiger partial charge in [-0.2, -0.15) is 0 Å². The number of Topliss-reactive ketones (excluding diaryl/α,β-unsaturated/α-hetero) is 1. The molecule has 1 amide bonds. The number of carbonyl (C=O) groups excluding carboxylic acids is 2. The van der Waals surface area contributed by atoms with E-state index in [0.717, 1.165) is 11.5 Å². The van der Waals surface area contributed by atoms with E-state index in [4.69, 9.17) is 0 Å². The smallest absolute Gasteiger partial charge is 0.264 e. The van der Waals surface area contributed by atoms with Crippen LogP contribution in [-0.2, 0) is 0 Å². The molecule has 0 atom stereocenters. The van der Waals surface area contributed by atoms with E-state index < -0.39 is 0 Å². The van der Waals surface area contributed by atoms with Gasteiger partial charge >= 0.3 is 0 Å². The Hall–Kier alpha value is -3.26. The lowest BCUT2D eigenvalue weighted by Gasteiger charge is -2.35. The molecule has 0 unspecified atom stereocenters. The second kappa shape index (κ2) is 8.23. The number of thiophene rings is 1. The molecule has 3 aromatic rings. The lowest BCUT2D eigenvalue weighted by Crippen LogP contribution is -2.49. The van der Waals surface area contributed by atoms with Gasteiger partial charge in [0.1, 0.15) is 11.6 Å². The summed E-state index contributed by atoms with van der Waals surface area (Å²) in [6, 6.07) is 12.4. The van der Waals surface area contributed by atoms with Crippen LogP contribution in [0.4, 0.5) is 5.82 Å². The summed E-state index contributed by atoms with van der Waals surface area (Å²) in [5, 5.41) is 10.1.